The van der Waals surface area contributed by atoms with Gasteiger partial charge in [0, 0.05) is 34.1 Å². The molecular weight excluding hydrogens is 282 g/mol. The molecule has 2 N–H and O–H groups in total. The van der Waals surface area contributed by atoms with Crippen molar-refractivity contribution in [2.75, 3.05) is 10.6 Å². The molecule has 1 heterocycles. The molecule has 106 valence electrons. The molecule has 1 amide bonds. The topological polar surface area (TPSA) is 64.9 Å². The van der Waals surface area contributed by atoms with Crippen molar-refractivity contribution in [1.29, 1.82) is 5.26 Å². The molecule has 0 bridgehead atoms. The molecule has 1 fully saturated rings. The lowest BCUT2D eigenvalue weighted by Crippen LogP contribution is -2.13. The summed E-state index contributed by atoms with van der Waals surface area (Å²) in [5, 5.41) is 16.9. The second kappa shape index (κ2) is 5.98. The van der Waals surface area contributed by atoms with Crippen LogP contribution in [0.25, 0.3) is 0 Å². The first-order valence-electron chi connectivity index (χ1n) is 6.87. The zero-order valence-corrected chi connectivity index (χ0v) is 12.2. The van der Waals surface area contributed by atoms with Crippen LogP contribution in [0.15, 0.2) is 35.7 Å². The van der Waals surface area contributed by atoms with Crippen molar-refractivity contribution in [3.05, 3.63) is 46.2 Å². The van der Waals surface area contributed by atoms with E-state index in [1.807, 2.05) is 35.7 Å². The Kier molecular flexibility index (Phi) is 3.89. The standard InChI is InChI=1S/C16H15N3OS/c17-8-11-7-15(21-10-11)9-18-13-3-5-14(6-4-13)19-16(20)12-1-2-12/h3-7,10,12,18H,1-2,9H2,(H,19,20). The van der Waals surface area contributed by atoms with Crippen LogP contribution >= 0.6 is 11.3 Å². The Balaban J connectivity index is 1.54. The normalized spacial score (nSPS) is 13.5. The Morgan fingerprint density at radius 2 is 2.00 bits per heavy atom. The van der Waals surface area contributed by atoms with E-state index in [4.69, 9.17) is 5.26 Å². The highest BCUT2D eigenvalue weighted by Gasteiger charge is 2.29. The number of nitrogens with one attached hydrogen (secondary N) is 2. The summed E-state index contributed by atoms with van der Waals surface area (Å²) in [6, 6.07) is 11.7. The summed E-state index contributed by atoms with van der Waals surface area (Å²) >= 11 is 1.57. The lowest BCUT2D eigenvalue weighted by atomic mass is 10.2. The number of amides is 1. The zero-order chi connectivity index (χ0) is 14.7. The molecule has 0 radical (unpaired) electrons. The molecule has 4 nitrogen and oxygen atoms in total. The van der Waals surface area contributed by atoms with Gasteiger partial charge in [0.1, 0.15) is 6.07 Å². The fourth-order valence-electron chi connectivity index (χ4n) is 1.98. The van der Waals surface area contributed by atoms with Crippen LogP contribution in [0.3, 0.4) is 0 Å². The van der Waals surface area contributed by atoms with Gasteiger partial charge in [-0.15, -0.1) is 11.3 Å². The summed E-state index contributed by atoms with van der Waals surface area (Å²) in [6.07, 6.45) is 2.02. The van der Waals surface area contributed by atoms with Gasteiger partial charge in [-0.2, -0.15) is 5.26 Å². The maximum absolute atomic E-state index is 11.6. The number of hydrogen-bond donors (Lipinski definition) is 2. The summed E-state index contributed by atoms with van der Waals surface area (Å²) in [4.78, 5) is 12.8. The first kappa shape index (κ1) is 13.7. The van der Waals surface area contributed by atoms with E-state index in [0.29, 0.717) is 12.1 Å². The van der Waals surface area contributed by atoms with E-state index in [2.05, 4.69) is 16.7 Å². The third kappa shape index (κ3) is 3.61. The molecule has 5 heteroatoms. The quantitative estimate of drug-likeness (QED) is 0.886. The minimum absolute atomic E-state index is 0.123. The van der Waals surface area contributed by atoms with Crippen LogP contribution in [-0.4, -0.2) is 5.91 Å². The van der Waals surface area contributed by atoms with Crippen molar-refractivity contribution >= 4 is 28.6 Å². The Labute approximate surface area is 127 Å². The van der Waals surface area contributed by atoms with Crippen molar-refractivity contribution in [3.8, 4) is 6.07 Å². The highest BCUT2D eigenvalue weighted by molar-refractivity contribution is 7.10. The van der Waals surface area contributed by atoms with Gasteiger partial charge in [-0.05, 0) is 43.2 Å². The second-order valence-corrected chi connectivity index (χ2v) is 6.10. The predicted octanol–water partition coefficient (Wildman–Crippen LogP) is 3.58. The molecule has 0 spiro atoms. The van der Waals surface area contributed by atoms with Gasteiger partial charge in [0.25, 0.3) is 0 Å². The van der Waals surface area contributed by atoms with Crippen LogP contribution in [-0.2, 0) is 11.3 Å². The zero-order valence-electron chi connectivity index (χ0n) is 11.4. The van der Waals surface area contributed by atoms with E-state index in [-0.39, 0.29) is 11.8 Å². The van der Waals surface area contributed by atoms with Crippen LogP contribution in [0, 0.1) is 17.2 Å². The Morgan fingerprint density at radius 1 is 1.29 bits per heavy atom. The summed E-state index contributed by atoms with van der Waals surface area (Å²) in [7, 11) is 0. The average Bonchev–Trinajstić information content (AvgIpc) is 3.26. The molecule has 0 aliphatic heterocycles. The predicted molar refractivity (Wildman–Crippen MR) is 84.2 cm³/mol. The molecule has 0 atom stereocenters. The lowest BCUT2D eigenvalue weighted by molar-refractivity contribution is -0.117. The monoisotopic (exact) mass is 297 g/mol. The first-order valence-corrected chi connectivity index (χ1v) is 7.75. The molecule has 1 aromatic heterocycles. The SMILES string of the molecule is N#Cc1csc(CNc2ccc(NC(=O)C3CC3)cc2)c1. The van der Waals surface area contributed by atoms with Crippen LogP contribution in [0.5, 0.6) is 0 Å². The molecule has 1 saturated carbocycles. The van der Waals surface area contributed by atoms with E-state index in [1.54, 1.807) is 11.3 Å². The molecule has 1 aliphatic rings. The van der Waals surface area contributed by atoms with Crippen LogP contribution in [0.2, 0.25) is 0 Å². The number of anilines is 2. The Bertz CT molecular complexity index is 680. The molecular formula is C16H15N3OS. The van der Waals surface area contributed by atoms with Gasteiger partial charge in [-0.3, -0.25) is 4.79 Å². The van der Waals surface area contributed by atoms with Crippen molar-refractivity contribution < 1.29 is 4.79 Å². The second-order valence-electron chi connectivity index (χ2n) is 5.11. The number of carbonyl (C=O) groups is 1. The number of rotatable bonds is 5. The van der Waals surface area contributed by atoms with Gasteiger partial charge in [0.05, 0.1) is 5.56 Å². The first-order chi connectivity index (χ1) is 10.2. The largest absolute Gasteiger partial charge is 0.380 e. The van der Waals surface area contributed by atoms with E-state index < -0.39 is 0 Å². The van der Waals surface area contributed by atoms with E-state index >= 15 is 0 Å². The van der Waals surface area contributed by atoms with Crippen LogP contribution in [0.4, 0.5) is 11.4 Å². The van der Waals surface area contributed by atoms with Gasteiger partial charge in [0.2, 0.25) is 5.91 Å². The van der Waals surface area contributed by atoms with Gasteiger partial charge < -0.3 is 10.6 Å². The van der Waals surface area contributed by atoms with Crippen molar-refractivity contribution in [2.45, 2.75) is 19.4 Å². The van der Waals surface area contributed by atoms with E-state index in [9.17, 15) is 4.79 Å². The van der Waals surface area contributed by atoms with Gasteiger partial charge in [-0.1, -0.05) is 0 Å². The highest BCUT2D eigenvalue weighted by Crippen LogP contribution is 2.30. The van der Waals surface area contributed by atoms with E-state index in [0.717, 1.165) is 29.1 Å². The summed E-state index contributed by atoms with van der Waals surface area (Å²) in [5.74, 6) is 0.342. The molecule has 3 rings (SSSR count). The number of thiophene rings is 1. The van der Waals surface area contributed by atoms with Gasteiger partial charge in [-0.25, -0.2) is 0 Å². The summed E-state index contributed by atoms with van der Waals surface area (Å²) in [5.41, 5.74) is 2.53. The lowest BCUT2D eigenvalue weighted by Gasteiger charge is -2.07. The molecule has 0 saturated heterocycles. The molecule has 21 heavy (non-hydrogen) atoms. The molecule has 1 aliphatic carbocycles. The van der Waals surface area contributed by atoms with Crippen molar-refractivity contribution in [3.63, 3.8) is 0 Å². The average molecular weight is 297 g/mol. The van der Waals surface area contributed by atoms with Crippen LogP contribution < -0.4 is 10.6 Å². The molecule has 2 aromatic rings. The minimum atomic E-state index is 0.123. The minimum Gasteiger partial charge on any atom is -0.380 e. The number of nitriles is 1. The van der Waals surface area contributed by atoms with Crippen molar-refractivity contribution in [2.24, 2.45) is 5.92 Å². The Morgan fingerprint density at radius 3 is 2.62 bits per heavy atom. The van der Waals surface area contributed by atoms with Gasteiger partial charge in [0.15, 0.2) is 0 Å². The third-order valence-corrected chi connectivity index (χ3v) is 4.29. The molecule has 1 aromatic carbocycles. The Hall–Kier alpha value is -2.32. The number of benzene rings is 1. The summed E-state index contributed by atoms with van der Waals surface area (Å²) < 4.78 is 0. The fraction of sp³-hybridized carbons (Fsp3) is 0.250. The smallest absolute Gasteiger partial charge is 0.227 e. The van der Waals surface area contributed by atoms with Crippen LogP contribution in [0.1, 0.15) is 23.3 Å². The summed E-state index contributed by atoms with van der Waals surface area (Å²) in [6.45, 7) is 0.695. The highest BCUT2D eigenvalue weighted by atomic mass is 32.1. The number of nitrogens with zero attached hydrogens (tertiary/aromatic N) is 1. The maximum atomic E-state index is 11.6. The third-order valence-electron chi connectivity index (χ3n) is 3.35. The molecule has 0 unspecified atom stereocenters. The number of hydrogen-bond acceptors (Lipinski definition) is 4. The fourth-order valence-corrected chi connectivity index (χ4v) is 2.73. The number of carbonyl (C=O) groups excluding carboxylic acids is 1. The van der Waals surface area contributed by atoms with Crippen molar-refractivity contribution in [1.82, 2.24) is 0 Å². The maximum Gasteiger partial charge on any atom is 0.227 e. The van der Waals surface area contributed by atoms with Gasteiger partial charge >= 0.3 is 0 Å². The van der Waals surface area contributed by atoms with E-state index in [1.165, 1.54) is 0 Å².